The summed E-state index contributed by atoms with van der Waals surface area (Å²) in [5, 5.41) is 5.02. The first kappa shape index (κ1) is 20.2. The molecule has 1 fully saturated rings. The second-order valence-electron chi connectivity index (χ2n) is 8.59. The molecule has 0 aliphatic heterocycles. The van der Waals surface area contributed by atoms with Crippen LogP contribution in [-0.2, 0) is 0 Å². The molecule has 2 aromatic carbocycles. The fourth-order valence-corrected chi connectivity index (χ4v) is 4.98. The van der Waals surface area contributed by atoms with Gasteiger partial charge >= 0.3 is 0 Å². The molecule has 1 heterocycles. The van der Waals surface area contributed by atoms with Crippen LogP contribution in [0, 0.1) is 6.92 Å². The fraction of sp³-hybridized carbons (Fsp3) is 0.462. The standard InChI is InChI=1S/C26H35N3/c1-20-8-6-9-21(18-20)23(14-17-28-16-7-15-27)25-19-29(22-10-2-3-11-22)26-13-5-4-12-24(25)26/h4-6,8-9,12-13,18-19,22-23,28H,2-3,7,10-11,14-17,27H2,1H3. The maximum absolute atomic E-state index is 5.65. The molecule has 3 N–H and O–H groups in total. The largest absolute Gasteiger partial charge is 0.344 e. The average Bonchev–Trinajstić information content (AvgIpc) is 3.39. The number of nitrogens with zero attached hydrogens (tertiary/aromatic N) is 1. The molecule has 0 radical (unpaired) electrons. The summed E-state index contributed by atoms with van der Waals surface area (Å²) in [7, 11) is 0. The topological polar surface area (TPSA) is 43.0 Å². The molecule has 0 saturated heterocycles. The van der Waals surface area contributed by atoms with Gasteiger partial charge in [-0.2, -0.15) is 0 Å². The molecule has 1 atom stereocenters. The molecule has 0 bridgehead atoms. The zero-order valence-corrected chi connectivity index (χ0v) is 17.7. The van der Waals surface area contributed by atoms with Gasteiger partial charge in [-0.05, 0) is 69.4 Å². The van der Waals surface area contributed by atoms with Crippen molar-refractivity contribution in [2.24, 2.45) is 5.73 Å². The quantitative estimate of drug-likeness (QED) is 0.473. The van der Waals surface area contributed by atoms with Crippen LogP contribution < -0.4 is 11.1 Å². The Kier molecular flexibility index (Phi) is 6.68. The lowest BCUT2D eigenvalue weighted by Crippen LogP contribution is -2.21. The van der Waals surface area contributed by atoms with Crippen molar-refractivity contribution in [2.75, 3.05) is 19.6 Å². The highest BCUT2D eigenvalue weighted by atomic mass is 15.0. The normalized spacial score (nSPS) is 15.9. The number of hydrogen-bond acceptors (Lipinski definition) is 2. The molecule has 3 nitrogen and oxygen atoms in total. The molecule has 0 amide bonds. The van der Waals surface area contributed by atoms with E-state index in [1.54, 1.807) is 0 Å². The van der Waals surface area contributed by atoms with Crippen molar-refractivity contribution in [3.05, 3.63) is 71.4 Å². The van der Waals surface area contributed by atoms with E-state index < -0.39 is 0 Å². The van der Waals surface area contributed by atoms with Gasteiger partial charge in [0.2, 0.25) is 0 Å². The summed E-state index contributed by atoms with van der Waals surface area (Å²) in [6.07, 6.45) is 9.97. The predicted molar refractivity (Wildman–Crippen MR) is 124 cm³/mol. The number of nitrogens with one attached hydrogen (secondary N) is 1. The summed E-state index contributed by atoms with van der Waals surface area (Å²) in [5.74, 6) is 0.410. The van der Waals surface area contributed by atoms with Gasteiger partial charge in [-0.1, -0.05) is 60.9 Å². The first-order valence-electron chi connectivity index (χ1n) is 11.3. The third kappa shape index (κ3) is 4.57. The van der Waals surface area contributed by atoms with Crippen molar-refractivity contribution in [3.8, 4) is 0 Å². The lowest BCUT2D eigenvalue weighted by atomic mass is 9.87. The lowest BCUT2D eigenvalue weighted by Gasteiger charge is -2.19. The Morgan fingerprint density at radius 1 is 1.07 bits per heavy atom. The summed E-state index contributed by atoms with van der Waals surface area (Å²) >= 11 is 0. The van der Waals surface area contributed by atoms with Crippen LogP contribution in [0.2, 0.25) is 0 Å². The van der Waals surface area contributed by atoms with Crippen LogP contribution in [0.25, 0.3) is 10.9 Å². The first-order valence-corrected chi connectivity index (χ1v) is 11.3. The molecule has 3 aromatic rings. The number of rotatable bonds is 9. The Morgan fingerprint density at radius 3 is 2.69 bits per heavy atom. The van der Waals surface area contributed by atoms with Crippen LogP contribution in [0.4, 0.5) is 0 Å². The maximum Gasteiger partial charge on any atom is 0.0485 e. The van der Waals surface area contributed by atoms with Crippen LogP contribution in [0.15, 0.2) is 54.7 Å². The highest BCUT2D eigenvalue weighted by molar-refractivity contribution is 5.85. The van der Waals surface area contributed by atoms with E-state index in [0.29, 0.717) is 12.0 Å². The molecule has 4 rings (SSSR count). The SMILES string of the molecule is Cc1cccc(C(CCNCCCN)c2cn(C3CCCC3)c3ccccc23)c1. The summed E-state index contributed by atoms with van der Waals surface area (Å²) in [6, 6.07) is 18.7. The summed E-state index contributed by atoms with van der Waals surface area (Å²) < 4.78 is 2.59. The van der Waals surface area contributed by atoms with Crippen molar-refractivity contribution in [1.82, 2.24) is 9.88 Å². The molecule has 29 heavy (non-hydrogen) atoms. The Bertz CT molecular complexity index is 921. The second kappa shape index (κ2) is 9.60. The number of para-hydroxylation sites is 1. The molecule has 154 valence electrons. The second-order valence-corrected chi connectivity index (χ2v) is 8.59. The van der Waals surface area contributed by atoms with Crippen molar-refractivity contribution in [3.63, 3.8) is 0 Å². The van der Waals surface area contributed by atoms with E-state index in [9.17, 15) is 0 Å². The Morgan fingerprint density at radius 2 is 1.90 bits per heavy atom. The van der Waals surface area contributed by atoms with Gasteiger partial charge in [-0.25, -0.2) is 0 Å². The van der Waals surface area contributed by atoms with Gasteiger partial charge in [0, 0.05) is 29.1 Å². The highest BCUT2D eigenvalue weighted by Gasteiger charge is 2.24. The first-order chi connectivity index (χ1) is 14.3. The number of aromatic nitrogens is 1. The Balaban J connectivity index is 1.70. The number of hydrogen-bond donors (Lipinski definition) is 2. The van der Waals surface area contributed by atoms with Gasteiger partial charge in [0.25, 0.3) is 0 Å². The average molecular weight is 390 g/mol. The minimum Gasteiger partial charge on any atom is -0.344 e. The van der Waals surface area contributed by atoms with Gasteiger partial charge < -0.3 is 15.6 Å². The molecule has 0 spiro atoms. The number of aryl methyl sites for hydroxylation is 1. The van der Waals surface area contributed by atoms with Gasteiger partial charge in [0.05, 0.1) is 0 Å². The minimum absolute atomic E-state index is 0.410. The summed E-state index contributed by atoms with van der Waals surface area (Å²) in [6.45, 7) is 4.97. The van der Waals surface area contributed by atoms with Crippen LogP contribution in [0.3, 0.4) is 0 Å². The monoisotopic (exact) mass is 389 g/mol. The van der Waals surface area contributed by atoms with Crippen molar-refractivity contribution < 1.29 is 0 Å². The van der Waals surface area contributed by atoms with E-state index in [2.05, 4.69) is 71.5 Å². The van der Waals surface area contributed by atoms with Gasteiger partial charge in [0.1, 0.15) is 0 Å². The number of nitrogens with two attached hydrogens (primary N) is 1. The van der Waals surface area contributed by atoms with Crippen LogP contribution in [-0.4, -0.2) is 24.2 Å². The molecule has 3 heteroatoms. The third-order valence-electron chi connectivity index (χ3n) is 6.48. The number of fused-ring (bicyclic) bond motifs is 1. The maximum atomic E-state index is 5.65. The molecular weight excluding hydrogens is 354 g/mol. The molecular formula is C26H35N3. The lowest BCUT2D eigenvalue weighted by molar-refractivity contribution is 0.532. The molecule has 1 aromatic heterocycles. The van der Waals surface area contributed by atoms with Gasteiger partial charge in [0.15, 0.2) is 0 Å². The molecule has 1 aliphatic rings. The zero-order chi connectivity index (χ0) is 20.1. The molecule has 1 unspecified atom stereocenters. The molecule has 1 aliphatic carbocycles. The molecule has 1 saturated carbocycles. The van der Waals surface area contributed by atoms with Crippen molar-refractivity contribution in [1.29, 1.82) is 0 Å². The van der Waals surface area contributed by atoms with Crippen LogP contribution in [0.5, 0.6) is 0 Å². The third-order valence-corrected chi connectivity index (χ3v) is 6.48. The summed E-state index contributed by atoms with van der Waals surface area (Å²) in [4.78, 5) is 0. The van der Waals surface area contributed by atoms with Crippen molar-refractivity contribution >= 4 is 10.9 Å². The van der Waals surface area contributed by atoms with E-state index in [-0.39, 0.29) is 0 Å². The summed E-state index contributed by atoms with van der Waals surface area (Å²) in [5.41, 5.74) is 11.3. The van der Waals surface area contributed by atoms with Gasteiger partial charge in [-0.15, -0.1) is 0 Å². The van der Waals surface area contributed by atoms with Crippen LogP contribution in [0.1, 0.15) is 67.2 Å². The van der Waals surface area contributed by atoms with E-state index in [4.69, 9.17) is 5.73 Å². The van der Waals surface area contributed by atoms with E-state index in [0.717, 1.165) is 32.5 Å². The van der Waals surface area contributed by atoms with E-state index in [1.807, 2.05) is 0 Å². The number of benzene rings is 2. The minimum atomic E-state index is 0.410. The Hall–Kier alpha value is -2.10. The smallest absolute Gasteiger partial charge is 0.0485 e. The van der Waals surface area contributed by atoms with Gasteiger partial charge in [-0.3, -0.25) is 0 Å². The van der Waals surface area contributed by atoms with E-state index in [1.165, 1.54) is 53.3 Å². The Labute approximate surface area is 175 Å². The zero-order valence-electron chi connectivity index (χ0n) is 17.7. The van der Waals surface area contributed by atoms with Crippen molar-refractivity contribution in [2.45, 2.75) is 57.4 Å². The van der Waals surface area contributed by atoms with E-state index >= 15 is 0 Å². The van der Waals surface area contributed by atoms with Crippen LogP contribution >= 0.6 is 0 Å². The predicted octanol–water partition coefficient (Wildman–Crippen LogP) is 5.53. The fourth-order valence-electron chi connectivity index (χ4n) is 4.98. The highest BCUT2D eigenvalue weighted by Crippen LogP contribution is 2.39.